The third kappa shape index (κ3) is 5.44. The summed E-state index contributed by atoms with van der Waals surface area (Å²) in [5.74, 6) is -0.312. The number of hydrogen-bond donors (Lipinski definition) is 3. The van der Waals surface area contributed by atoms with E-state index in [-0.39, 0.29) is 30.0 Å². The summed E-state index contributed by atoms with van der Waals surface area (Å²) in [6, 6.07) is 3.97. The van der Waals surface area contributed by atoms with Crippen LogP contribution < -0.4 is 5.32 Å². The standard InChI is InChI=1S/C19H31N3O4/c1-12(2)17(21(4)5)19(26)22(6)15(18(25)20-11-23)10-14-7-8-16(24)13(3)9-14/h7-9,12,15,17,23-24H,10-11H2,1-6H3,(H,20,25)/t15-,17-/m0/s1. The van der Waals surface area contributed by atoms with Crippen molar-refractivity contribution in [2.45, 2.75) is 39.3 Å². The first-order chi connectivity index (χ1) is 12.1. The van der Waals surface area contributed by atoms with Crippen LogP contribution in [0, 0.1) is 12.8 Å². The molecule has 1 aromatic carbocycles. The second kappa shape index (κ2) is 9.54. The lowest BCUT2D eigenvalue weighted by atomic mass is 9.98. The summed E-state index contributed by atoms with van der Waals surface area (Å²) >= 11 is 0. The zero-order valence-electron chi connectivity index (χ0n) is 16.5. The molecule has 0 aromatic heterocycles. The Bertz CT molecular complexity index is 623. The number of nitrogens with zero attached hydrogens (tertiary/aromatic N) is 2. The van der Waals surface area contributed by atoms with Gasteiger partial charge in [-0.15, -0.1) is 0 Å². The van der Waals surface area contributed by atoms with Crippen molar-refractivity contribution < 1.29 is 19.8 Å². The molecule has 3 N–H and O–H groups in total. The van der Waals surface area contributed by atoms with Gasteiger partial charge in [0, 0.05) is 13.5 Å². The number of aryl methyl sites for hydroxylation is 1. The predicted molar refractivity (Wildman–Crippen MR) is 101 cm³/mol. The van der Waals surface area contributed by atoms with Crippen LogP contribution in [0.3, 0.4) is 0 Å². The van der Waals surface area contributed by atoms with Gasteiger partial charge in [0.25, 0.3) is 0 Å². The van der Waals surface area contributed by atoms with Crippen LogP contribution in [0.1, 0.15) is 25.0 Å². The Labute approximate surface area is 155 Å². The zero-order valence-corrected chi connectivity index (χ0v) is 16.5. The maximum absolute atomic E-state index is 13.0. The van der Waals surface area contributed by atoms with Crippen LogP contribution in [0.25, 0.3) is 0 Å². The van der Waals surface area contributed by atoms with Gasteiger partial charge in [0.15, 0.2) is 0 Å². The van der Waals surface area contributed by atoms with E-state index in [4.69, 9.17) is 5.11 Å². The Morgan fingerprint density at radius 2 is 1.81 bits per heavy atom. The monoisotopic (exact) mass is 365 g/mol. The summed E-state index contributed by atoms with van der Waals surface area (Å²) in [5.41, 5.74) is 1.52. The number of nitrogens with one attached hydrogen (secondary N) is 1. The number of carbonyl (C=O) groups excluding carboxylic acids is 2. The highest BCUT2D eigenvalue weighted by molar-refractivity contribution is 5.90. The average molecular weight is 365 g/mol. The topological polar surface area (TPSA) is 93.1 Å². The van der Waals surface area contributed by atoms with E-state index >= 15 is 0 Å². The van der Waals surface area contributed by atoms with Crippen LogP contribution in [0.4, 0.5) is 0 Å². The highest BCUT2D eigenvalue weighted by Gasteiger charge is 2.33. The SMILES string of the molecule is Cc1cc(C[C@@H](C(=O)NCO)N(C)C(=O)[C@H](C(C)C)N(C)C)ccc1O. The Kier molecular flexibility index (Phi) is 8.05. The van der Waals surface area contributed by atoms with Crippen molar-refractivity contribution in [2.24, 2.45) is 5.92 Å². The maximum Gasteiger partial charge on any atom is 0.244 e. The number of rotatable bonds is 8. The fraction of sp³-hybridized carbons (Fsp3) is 0.579. The van der Waals surface area contributed by atoms with Crippen molar-refractivity contribution in [3.05, 3.63) is 29.3 Å². The van der Waals surface area contributed by atoms with Crippen molar-refractivity contribution in [3.63, 3.8) is 0 Å². The molecule has 0 aliphatic heterocycles. The number of aromatic hydroxyl groups is 1. The summed E-state index contributed by atoms with van der Waals surface area (Å²) in [7, 11) is 5.28. The summed E-state index contributed by atoms with van der Waals surface area (Å²) in [6.07, 6.45) is 0.285. The number of phenols is 1. The van der Waals surface area contributed by atoms with E-state index in [0.29, 0.717) is 5.56 Å². The van der Waals surface area contributed by atoms with Crippen molar-refractivity contribution in [1.29, 1.82) is 0 Å². The van der Waals surface area contributed by atoms with E-state index in [0.717, 1.165) is 5.56 Å². The van der Waals surface area contributed by atoms with Gasteiger partial charge in [-0.25, -0.2) is 0 Å². The molecule has 0 heterocycles. The highest BCUT2D eigenvalue weighted by Crippen LogP contribution is 2.20. The van der Waals surface area contributed by atoms with Gasteiger partial charge >= 0.3 is 0 Å². The lowest BCUT2D eigenvalue weighted by molar-refractivity contribution is -0.144. The molecule has 0 saturated heterocycles. The molecule has 146 valence electrons. The van der Waals surface area contributed by atoms with E-state index in [1.54, 1.807) is 32.2 Å². The van der Waals surface area contributed by atoms with E-state index in [2.05, 4.69) is 5.32 Å². The number of phenolic OH excluding ortho intramolecular Hbond substituents is 1. The van der Waals surface area contributed by atoms with Gasteiger partial charge in [0.1, 0.15) is 18.5 Å². The Hall–Kier alpha value is -2.12. The molecule has 1 aromatic rings. The van der Waals surface area contributed by atoms with Crippen molar-refractivity contribution in [2.75, 3.05) is 27.9 Å². The number of carbonyl (C=O) groups is 2. The molecular formula is C19H31N3O4. The molecule has 1 rings (SSSR count). The number of hydrogen-bond acceptors (Lipinski definition) is 5. The number of amides is 2. The van der Waals surface area contributed by atoms with E-state index in [1.807, 2.05) is 32.8 Å². The Morgan fingerprint density at radius 3 is 2.27 bits per heavy atom. The normalized spacial score (nSPS) is 13.6. The molecule has 2 amide bonds. The molecule has 2 atom stereocenters. The Morgan fingerprint density at radius 1 is 1.19 bits per heavy atom. The minimum absolute atomic E-state index is 0.0809. The maximum atomic E-state index is 13.0. The number of likely N-dealkylation sites (N-methyl/N-ethyl adjacent to an activating group) is 2. The first-order valence-electron chi connectivity index (χ1n) is 8.70. The van der Waals surface area contributed by atoms with Gasteiger partial charge in [-0.3, -0.25) is 14.5 Å². The van der Waals surface area contributed by atoms with Crippen molar-refractivity contribution in [3.8, 4) is 5.75 Å². The van der Waals surface area contributed by atoms with Gasteiger partial charge in [-0.1, -0.05) is 26.0 Å². The lowest BCUT2D eigenvalue weighted by Crippen LogP contribution is -2.55. The number of aliphatic hydroxyl groups excluding tert-OH is 1. The molecule has 0 unspecified atom stereocenters. The first-order valence-corrected chi connectivity index (χ1v) is 8.70. The molecular weight excluding hydrogens is 334 g/mol. The van der Waals surface area contributed by atoms with Crippen LogP contribution >= 0.6 is 0 Å². The first kappa shape index (κ1) is 21.9. The van der Waals surface area contributed by atoms with Crippen LogP contribution in [0.2, 0.25) is 0 Å². The fourth-order valence-corrected chi connectivity index (χ4v) is 3.13. The second-order valence-electron chi connectivity index (χ2n) is 7.14. The van der Waals surface area contributed by atoms with Crippen LogP contribution in [-0.2, 0) is 16.0 Å². The van der Waals surface area contributed by atoms with Crippen LogP contribution in [0.5, 0.6) is 5.75 Å². The minimum atomic E-state index is -0.764. The molecule has 26 heavy (non-hydrogen) atoms. The highest BCUT2D eigenvalue weighted by atomic mass is 16.3. The third-order valence-electron chi connectivity index (χ3n) is 4.50. The Balaban J connectivity index is 3.13. The van der Waals surface area contributed by atoms with Crippen molar-refractivity contribution in [1.82, 2.24) is 15.1 Å². The van der Waals surface area contributed by atoms with Crippen LogP contribution in [0.15, 0.2) is 18.2 Å². The summed E-state index contributed by atoms with van der Waals surface area (Å²) in [6.45, 7) is 5.20. The van der Waals surface area contributed by atoms with Crippen molar-refractivity contribution >= 4 is 11.8 Å². The summed E-state index contributed by atoms with van der Waals surface area (Å²) in [5, 5.41) is 21.1. The zero-order chi connectivity index (χ0) is 20.0. The van der Waals surface area contributed by atoms with Crippen LogP contribution in [-0.4, -0.2) is 71.8 Å². The molecule has 0 saturated carbocycles. The minimum Gasteiger partial charge on any atom is -0.508 e. The molecule has 0 aliphatic rings. The van der Waals surface area contributed by atoms with E-state index < -0.39 is 18.7 Å². The summed E-state index contributed by atoms with van der Waals surface area (Å²) in [4.78, 5) is 28.8. The quantitative estimate of drug-likeness (QED) is 0.591. The molecule has 0 aliphatic carbocycles. The van der Waals surface area contributed by atoms with Gasteiger partial charge in [-0.05, 0) is 44.1 Å². The molecule has 7 nitrogen and oxygen atoms in total. The molecule has 0 radical (unpaired) electrons. The fourth-order valence-electron chi connectivity index (χ4n) is 3.13. The average Bonchev–Trinajstić information content (AvgIpc) is 2.54. The summed E-state index contributed by atoms with van der Waals surface area (Å²) < 4.78 is 0. The van der Waals surface area contributed by atoms with Gasteiger partial charge in [-0.2, -0.15) is 0 Å². The second-order valence-corrected chi connectivity index (χ2v) is 7.14. The van der Waals surface area contributed by atoms with Gasteiger partial charge in [0.2, 0.25) is 11.8 Å². The molecule has 0 spiro atoms. The van der Waals surface area contributed by atoms with E-state index in [9.17, 15) is 14.7 Å². The third-order valence-corrected chi connectivity index (χ3v) is 4.50. The van der Waals surface area contributed by atoms with Gasteiger partial charge in [0.05, 0.1) is 6.04 Å². The number of benzene rings is 1. The lowest BCUT2D eigenvalue weighted by Gasteiger charge is -2.34. The molecule has 7 heteroatoms. The largest absolute Gasteiger partial charge is 0.508 e. The number of aliphatic hydroxyl groups is 1. The smallest absolute Gasteiger partial charge is 0.244 e. The molecule has 0 fully saturated rings. The predicted octanol–water partition coefficient (Wildman–Crippen LogP) is 0.722. The molecule has 0 bridgehead atoms. The van der Waals surface area contributed by atoms with E-state index in [1.165, 1.54) is 4.90 Å². The van der Waals surface area contributed by atoms with Gasteiger partial charge < -0.3 is 20.4 Å².